The molecule has 2 N–H and O–H groups in total. The Bertz CT molecular complexity index is 752. The van der Waals surface area contributed by atoms with Crippen molar-refractivity contribution in [1.82, 2.24) is 19.9 Å². The van der Waals surface area contributed by atoms with Crippen molar-refractivity contribution in [3.05, 3.63) is 18.0 Å². The minimum Gasteiger partial charge on any atom is -0.456 e. The Labute approximate surface area is 150 Å². The molecule has 1 aromatic heterocycles. The van der Waals surface area contributed by atoms with Crippen molar-refractivity contribution in [2.24, 2.45) is 11.8 Å². The average Bonchev–Trinajstić information content (AvgIpc) is 2.85. The summed E-state index contributed by atoms with van der Waals surface area (Å²) in [7, 11) is 3.48. The lowest BCUT2D eigenvalue weighted by Gasteiger charge is -2.14. The molecule has 2 unspecified atom stereocenters. The number of hydrogen-bond donors (Lipinski definition) is 1. The summed E-state index contributed by atoms with van der Waals surface area (Å²) in [5.41, 5.74) is 5.61. The topological polar surface area (TPSA) is 132 Å². The van der Waals surface area contributed by atoms with E-state index < -0.39 is 12.5 Å². The number of fused-ring (bicyclic) bond motifs is 1. The molecule has 0 aromatic carbocycles. The highest BCUT2D eigenvalue weighted by molar-refractivity contribution is 6.07. The fourth-order valence-corrected chi connectivity index (χ4v) is 3.03. The summed E-state index contributed by atoms with van der Waals surface area (Å²) in [4.78, 5) is 51.3. The van der Waals surface area contributed by atoms with Crippen LogP contribution in [0, 0.1) is 11.8 Å². The summed E-state index contributed by atoms with van der Waals surface area (Å²) in [6.45, 7) is -0.636. The molecule has 2 amide bonds. The van der Waals surface area contributed by atoms with Gasteiger partial charge in [-0.05, 0) is 12.8 Å². The number of amides is 2. The molecule has 1 aliphatic carbocycles. The summed E-state index contributed by atoms with van der Waals surface area (Å²) in [5, 5.41) is 0. The van der Waals surface area contributed by atoms with Gasteiger partial charge in [0.1, 0.15) is 6.54 Å². The minimum atomic E-state index is -0.705. The maximum absolute atomic E-state index is 12.3. The van der Waals surface area contributed by atoms with Gasteiger partial charge in [0.25, 0.3) is 0 Å². The van der Waals surface area contributed by atoms with Gasteiger partial charge in [-0.2, -0.15) is 15.0 Å². The quantitative estimate of drug-likeness (QED) is 0.420. The first-order valence-corrected chi connectivity index (χ1v) is 8.20. The predicted octanol–water partition coefficient (Wildman–Crippen LogP) is -0.486. The van der Waals surface area contributed by atoms with Gasteiger partial charge in [0.2, 0.25) is 23.7 Å². The highest BCUT2D eigenvalue weighted by atomic mass is 16.5. The average molecular weight is 360 g/mol. The molecule has 1 aliphatic heterocycles. The lowest BCUT2D eigenvalue weighted by atomic mass is 9.85. The number of nitrogens with zero attached hydrogens (tertiary/aromatic N) is 5. The second-order valence-corrected chi connectivity index (χ2v) is 6.38. The highest BCUT2D eigenvalue weighted by Gasteiger charge is 2.47. The van der Waals surface area contributed by atoms with Crippen LogP contribution in [-0.2, 0) is 25.7 Å². The van der Waals surface area contributed by atoms with E-state index in [1.807, 2.05) is 12.2 Å². The molecule has 1 saturated heterocycles. The van der Waals surface area contributed by atoms with E-state index >= 15 is 0 Å². The number of carbonyl (C=O) groups is 3. The van der Waals surface area contributed by atoms with Crippen molar-refractivity contribution < 1.29 is 19.1 Å². The van der Waals surface area contributed by atoms with Crippen molar-refractivity contribution in [2.45, 2.75) is 19.4 Å². The molecule has 0 radical (unpaired) electrons. The van der Waals surface area contributed by atoms with E-state index in [0.29, 0.717) is 18.8 Å². The summed E-state index contributed by atoms with van der Waals surface area (Å²) in [5.74, 6) is -1.55. The molecular formula is C16H20N6O4. The van der Waals surface area contributed by atoms with Gasteiger partial charge in [0, 0.05) is 14.1 Å². The van der Waals surface area contributed by atoms with Crippen LogP contribution in [-0.4, -0.2) is 58.3 Å². The molecule has 2 heterocycles. The van der Waals surface area contributed by atoms with E-state index in [9.17, 15) is 14.4 Å². The monoisotopic (exact) mass is 360 g/mol. The van der Waals surface area contributed by atoms with Gasteiger partial charge in [-0.3, -0.25) is 19.3 Å². The van der Waals surface area contributed by atoms with E-state index in [0.717, 1.165) is 4.90 Å². The lowest BCUT2D eigenvalue weighted by molar-refractivity contribution is -0.154. The number of aromatic nitrogens is 3. The number of nitrogens with two attached hydrogens (primary N) is 1. The molecule has 1 fully saturated rings. The maximum Gasteiger partial charge on any atom is 0.326 e. The van der Waals surface area contributed by atoms with E-state index in [1.54, 1.807) is 19.0 Å². The minimum absolute atomic E-state index is 0.0104. The van der Waals surface area contributed by atoms with Crippen molar-refractivity contribution in [3.8, 4) is 0 Å². The Balaban J connectivity index is 1.60. The third-order valence-electron chi connectivity index (χ3n) is 4.34. The molecule has 2 atom stereocenters. The van der Waals surface area contributed by atoms with E-state index in [1.165, 1.54) is 0 Å². The highest BCUT2D eigenvalue weighted by Crippen LogP contribution is 2.34. The van der Waals surface area contributed by atoms with Crippen LogP contribution >= 0.6 is 0 Å². The van der Waals surface area contributed by atoms with Crippen LogP contribution in [0.15, 0.2) is 12.2 Å². The van der Waals surface area contributed by atoms with Crippen LogP contribution < -0.4 is 10.6 Å². The zero-order valence-corrected chi connectivity index (χ0v) is 14.6. The molecule has 1 aromatic rings. The molecule has 10 heteroatoms. The molecular weight excluding hydrogens is 340 g/mol. The number of rotatable bonds is 5. The van der Waals surface area contributed by atoms with Crippen molar-refractivity contribution >= 4 is 29.7 Å². The van der Waals surface area contributed by atoms with Crippen LogP contribution in [0.3, 0.4) is 0 Å². The number of anilines is 2. The molecule has 0 bridgehead atoms. The number of carbonyl (C=O) groups excluding carboxylic acids is 3. The van der Waals surface area contributed by atoms with Gasteiger partial charge in [-0.25, -0.2) is 0 Å². The number of esters is 1. The Kier molecular flexibility index (Phi) is 4.83. The first kappa shape index (κ1) is 17.8. The SMILES string of the molecule is CN(C)c1nc(N)nc(COC(=O)CN2C(=O)C3CC=CCC3C2=O)n1. The molecule has 2 aliphatic rings. The second-order valence-electron chi connectivity index (χ2n) is 6.38. The van der Waals surface area contributed by atoms with Gasteiger partial charge < -0.3 is 15.4 Å². The number of hydrogen-bond acceptors (Lipinski definition) is 9. The Morgan fingerprint density at radius 3 is 2.38 bits per heavy atom. The van der Waals surface area contributed by atoms with Crippen LogP contribution in [0.2, 0.25) is 0 Å². The third-order valence-corrected chi connectivity index (χ3v) is 4.34. The van der Waals surface area contributed by atoms with Crippen LogP contribution in [0.5, 0.6) is 0 Å². The largest absolute Gasteiger partial charge is 0.456 e. The van der Waals surface area contributed by atoms with Gasteiger partial charge in [-0.1, -0.05) is 12.2 Å². The smallest absolute Gasteiger partial charge is 0.326 e. The maximum atomic E-state index is 12.3. The van der Waals surface area contributed by atoms with Crippen LogP contribution in [0.1, 0.15) is 18.7 Å². The number of nitrogen functional groups attached to an aromatic ring is 1. The lowest BCUT2D eigenvalue weighted by Crippen LogP contribution is -2.36. The molecule has 138 valence electrons. The molecule has 0 saturated carbocycles. The van der Waals surface area contributed by atoms with E-state index in [2.05, 4.69) is 15.0 Å². The molecule has 26 heavy (non-hydrogen) atoms. The number of ether oxygens (including phenoxy) is 1. The van der Waals surface area contributed by atoms with Gasteiger partial charge in [-0.15, -0.1) is 0 Å². The Morgan fingerprint density at radius 2 is 1.81 bits per heavy atom. The van der Waals surface area contributed by atoms with Gasteiger partial charge in [0.15, 0.2) is 12.4 Å². The number of likely N-dealkylation sites (tertiary alicyclic amines) is 1. The summed E-state index contributed by atoms with van der Waals surface area (Å²) in [6, 6.07) is 0. The number of allylic oxidation sites excluding steroid dienone is 2. The summed E-state index contributed by atoms with van der Waals surface area (Å²) >= 11 is 0. The summed E-state index contributed by atoms with van der Waals surface area (Å²) in [6.07, 6.45) is 4.83. The van der Waals surface area contributed by atoms with Crippen LogP contribution in [0.4, 0.5) is 11.9 Å². The number of imide groups is 1. The van der Waals surface area contributed by atoms with Crippen LogP contribution in [0.25, 0.3) is 0 Å². The molecule has 10 nitrogen and oxygen atoms in total. The van der Waals surface area contributed by atoms with Crippen molar-refractivity contribution in [1.29, 1.82) is 0 Å². The second kappa shape index (κ2) is 7.06. The normalized spacial score (nSPS) is 21.7. The van der Waals surface area contributed by atoms with E-state index in [-0.39, 0.29) is 42.0 Å². The third kappa shape index (κ3) is 3.48. The van der Waals surface area contributed by atoms with Gasteiger partial charge in [0.05, 0.1) is 11.8 Å². The zero-order chi connectivity index (χ0) is 18.8. The van der Waals surface area contributed by atoms with Crippen molar-refractivity contribution in [2.75, 3.05) is 31.3 Å². The predicted molar refractivity (Wildman–Crippen MR) is 90.4 cm³/mol. The first-order chi connectivity index (χ1) is 12.4. The molecule has 0 spiro atoms. The summed E-state index contributed by atoms with van der Waals surface area (Å²) < 4.78 is 5.10. The fourth-order valence-electron chi connectivity index (χ4n) is 3.03. The fraction of sp³-hybridized carbons (Fsp3) is 0.500. The zero-order valence-electron chi connectivity index (χ0n) is 14.6. The standard InChI is InChI=1S/C16H20N6O4/c1-21(2)16-19-11(18-15(17)20-16)8-26-12(23)7-22-13(24)9-5-3-4-6-10(9)14(22)25/h3-4,9-10H,5-8H2,1-2H3,(H2,17,18,19,20). The van der Waals surface area contributed by atoms with Crippen molar-refractivity contribution in [3.63, 3.8) is 0 Å². The van der Waals surface area contributed by atoms with E-state index in [4.69, 9.17) is 10.5 Å². The van der Waals surface area contributed by atoms with Gasteiger partial charge >= 0.3 is 5.97 Å². The molecule has 3 rings (SSSR count). The Morgan fingerprint density at radius 1 is 1.19 bits per heavy atom. The Hall–Kier alpha value is -3.04. The first-order valence-electron chi connectivity index (χ1n) is 8.20.